The summed E-state index contributed by atoms with van der Waals surface area (Å²) in [7, 11) is -2.71. The Labute approximate surface area is 88.9 Å². The van der Waals surface area contributed by atoms with Gasteiger partial charge in [-0.15, -0.1) is 0 Å². The summed E-state index contributed by atoms with van der Waals surface area (Å²) in [6.45, 7) is -0.706. The molecular formula is C10H9F3O2. The van der Waals surface area contributed by atoms with E-state index >= 15 is 0 Å². The summed E-state index contributed by atoms with van der Waals surface area (Å²) in [6.07, 6.45) is -4.48. The quantitative estimate of drug-likeness (QED) is 0.733. The summed E-state index contributed by atoms with van der Waals surface area (Å²) in [5, 5.41) is 0. The van der Waals surface area contributed by atoms with E-state index in [-0.39, 0.29) is 5.56 Å². The molecule has 0 spiro atoms. The number of Topliss-reactive ketones (excluding diaryl/α,β-unsaturated/α-hetero) is 1. The van der Waals surface area contributed by atoms with Gasteiger partial charge < -0.3 is 4.74 Å². The van der Waals surface area contributed by atoms with Crippen LogP contribution >= 0.6 is 0 Å². The van der Waals surface area contributed by atoms with E-state index in [1.165, 1.54) is 0 Å². The molecule has 0 aliphatic rings. The molecule has 82 valence electrons. The predicted molar refractivity (Wildman–Crippen MR) is 47.7 cm³/mol. The first kappa shape index (κ1) is 7.87. The van der Waals surface area contributed by atoms with Crippen molar-refractivity contribution in [2.75, 3.05) is 13.6 Å². The highest BCUT2D eigenvalue weighted by Gasteiger charge is 2.30. The number of methoxy groups -OCH3 is 1. The minimum Gasteiger partial charge on any atom is -0.377 e. The Balaban J connectivity index is 2.71. The maximum absolute atomic E-state index is 12.2. The second-order valence-electron chi connectivity index (χ2n) is 2.79. The largest absolute Gasteiger partial charge is 0.416 e. The first-order valence-corrected chi connectivity index (χ1v) is 3.94. The Morgan fingerprint density at radius 1 is 1.40 bits per heavy atom. The number of benzene rings is 1. The molecule has 0 unspecified atom stereocenters. The van der Waals surface area contributed by atoms with E-state index in [2.05, 4.69) is 4.74 Å². The molecule has 15 heavy (non-hydrogen) atoms. The molecule has 0 saturated heterocycles. The van der Waals surface area contributed by atoms with Crippen molar-refractivity contribution in [2.45, 2.75) is 6.18 Å². The molecule has 0 aliphatic heterocycles. The number of carbonyl (C=O) groups excluding carboxylic acids is 1. The number of hydrogen-bond donors (Lipinski definition) is 0. The van der Waals surface area contributed by atoms with E-state index in [0.29, 0.717) is 0 Å². The highest BCUT2D eigenvalue weighted by atomic mass is 19.4. The van der Waals surface area contributed by atoms with Crippen LogP contribution in [0, 0.1) is 0 Å². The Morgan fingerprint density at radius 2 is 2.00 bits per heavy atom. The second-order valence-corrected chi connectivity index (χ2v) is 2.79. The summed E-state index contributed by atoms with van der Waals surface area (Å²) in [6, 6.07) is 3.47. The summed E-state index contributed by atoms with van der Waals surface area (Å²) in [5.74, 6) is -0.695. The van der Waals surface area contributed by atoms with Crippen molar-refractivity contribution in [1.29, 1.82) is 0 Å². The maximum atomic E-state index is 12.2. The summed E-state index contributed by atoms with van der Waals surface area (Å²) < 4.78 is 61.1. The van der Waals surface area contributed by atoms with Crippen molar-refractivity contribution in [3.63, 3.8) is 0 Å². The number of carbonyl (C=O) groups is 1. The van der Waals surface area contributed by atoms with E-state index in [4.69, 9.17) is 4.11 Å². The second kappa shape index (κ2) is 4.44. The number of ether oxygens (including phenoxy) is 1. The predicted octanol–water partition coefficient (Wildman–Crippen LogP) is 2.53. The van der Waals surface area contributed by atoms with Gasteiger partial charge in [-0.25, -0.2) is 0 Å². The van der Waals surface area contributed by atoms with Gasteiger partial charge in [0, 0.05) is 12.6 Å². The van der Waals surface area contributed by atoms with Crippen LogP contribution in [0.5, 0.6) is 0 Å². The lowest BCUT2D eigenvalue weighted by atomic mass is 10.1. The number of rotatable bonds is 3. The molecule has 0 aliphatic carbocycles. The van der Waals surface area contributed by atoms with Gasteiger partial charge in [-0.05, 0) is 12.1 Å². The van der Waals surface area contributed by atoms with Gasteiger partial charge in [0.2, 0.25) is 0 Å². The molecule has 0 amide bonds. The first-order valence-electron chi connectivity index (χ1n) is 5.44. The van der Waals surface area contributed by atoms with Crippen molar-refractivity contribution >= 4 is 5.78 Å². The molecule has 1 aromatic carbocycles. The van der Waals surface area contributed by atoms with Crippen LogP contribution in [0.4, 0.5) is 13.2 Å². The van der Waals surface area contributed by atoms with Gasteiger partial charge >= 0.3 is 6.18 Å². The topological polar surface area (TPSA) is 26.3 Å². The zero-order valence-corrected chi connectivity index (χ0v) is 7.47. The summed E-state index contributed by atoms with van der Waals surface area (Å²) in [5.41, 5.74) is -0.914. The van der Waals surface area contributed by atoms with E-state index in [9.17, 15) is 18.0 Å². The third kappa shape index (κ3) is 3.06. The van der Waals surface area contributed by atoms with Crippen molar-refractivity contribution < 1.29 is 26.8 Å². The third-order valence-corrected chi connectivity index (χ3v) is 1.74. The molecule has 2 nitrogen and oxygen atoms in total. The van der Waals surface area contributed by atoms with E-state index in [0.717, 1.165) is 24.3 Å². The average molecular weight is 221 g/mol. The van der Waals surface area contributed by atoms with Crippen LogP contribution in [0.1, 0.15) is 20.0 Å². The van der Waals surface area contributed by atoms with Gasteiger partial charge in [0.05, 0.1) is 9.68 Å². The molecule has 5 heteroatoms. The fraction of sp³-hybridized carbons (Fsp3) is 0.300. The molecule has 0 radical (unpaired) electrons. The SMILES string of the molecule is [2H]C([2H])([2H])OCC(=O)c1ccc(C(F)(F)F)cc1. The summed E-state index contributed by atoms with van der Waals surface area (Å²) >= 11 is 0. The molecule has 0 heterocycles. The van der Waals surface area contributed by atoms with Gasteiger partial charge in [-0.1, -0.05) is 12.1 Å². The van der Waals surface area contributed by atoms with Gasteiger partial charge in [0.15, 0.2) is 5.78 Å². The highest BCUT2D eigenvalue weighted by Crippen LogP contribution is 2.29. The van der Waals surface area contributed by atoms with E-state index < -0.39 is 31.2 Å². The molecule has 0 aromatic heterocycles. The molecule has 0 bridgehead atoms. The molecule has 1 rings (SSSR count). The number of hydrogen-bond acceptors (Lipinski definition) is 2. The molecular weight excluding hydrogens is 209 g/mol. The van der Waals surface area contributed by atoms with Gasteiger partial charge in [0.1, 0.15) is 6.61 Å². The first-order chi connectivity index (χ1) is 8.09. The van der Waals surface area contributed by atoms with Crippen molar-refractivity contribution in [2.24, 2.45) is 0 Å². The van der Waals surface area contributed by atoms with Crippen molar-refractivity contribution in [1.82, 2.24) is 0 Å². The number of alkyl halides is 3. The fourth-order valence-corrected chi connectivity index (χ4v) is 0.994. The lowest BCUT2D eigenvalue weighted by Crippen LogP contribution is -2.09. The van der Waals surface area contributed by atoms with Crippen LogP contribution in [0.15, 0.2) is 24.3 Å². The Kier molecular flexibility index (Phi) is 2.33. The molecule has 1 aromatic rings. The average Bonchev–Trinajstić information content (AvgIpc) is 2.24. The Morgan fingerprint density at radius 3 is 2.47 bits per heavy atom. The molecule has 0 N–H and O–H groups in total. The molecule has 0 atom stereocenters. The minimum absolute atomic E-state index is 0.0350. The zero-order chi connectivity index (χ0) is 14.0. The number of ketones is 1. The standard InChI is InChI=1S/C10H9F3O2/c1-15-6-9(14)7-2-4-8(5-3-7)10(11,12)13/h2-5H,6H2,1H3/i1D3. The normalized spacial score (nSPS) is 15.3. The third-order valence-electron chi connectivity index (χ3n) is 1.74. The zero-order valence-electron chi connectivity index (χ0n) is 10.5. The lowest BCUT2D eigenvalue weighted by Gasteiger charge is -2.06. The smallest absolute Gasteiger partial charge is 0.377 e. The van der Waals surface area contributed by atoms with Crippen LogP contribution in [0.2, 0.25) is 0 Å². The Bertz CT molecular complexity index is 423. The Hall–Kier alpha value is -1.36. The van der Waals surface area contributed by atoms with E-state index in [1.807, 2.05) is 0 Å². The molecule has 0 saturated carbocycles. The molecule has 0 fully saturated rings. The lowest BCUT2D eigenvalue weighted by molar-refractivity contribution is -0.137. The van der Waals surface area contributed by atoms with Gasteiger partial charge in [-0.3, -0.25) is 4.79 Å². The number of halogens is 3. The van der Waals surface area contributed by atoms with E-state index in [1.54, 1.807) is 0 Å². The highest BCUT2D eigenvalue weighted by molar-refractivity contribution is 5.97. The fourth-order valence-electron chi connectivity index (χ4n) is 0.994. The van der Waals surface area contributed by atoms with Crippen LogP contribution in [-0.4, -0.2) is 19.4 Å². The van der Waals surface area contributed by atoms with Crippen molar-refractivity contribution in [3.8, 4) is 0 Å². The van der Waals surface area contributed by atoms with Crippen LogP contribution in [0.3, 0.4) is 0 Å². The van der Waals surface area contributed by atoms with Gasteiger partial charge in [-0.2, -0.15) is 13.2 Å². The van der Waals surface area contributed by atoms with Crippen LogP contribution in [0.25, 0.3) is 0 Å². The minimum atomic E-state index is -4.48. The maximum Gasteiger partial charge on any atom is 0.416 e. The van der Waals surface area contributed by atoms with Gasteiger partial charge in [0.25, 0.3) is 0 Å². The monoisotopic (exact) mass is 221 g/mol. The summed E-state index contributed by atoms with van der Waals surface area (Å²) in [4.78, 5) is 11.4. The van der Waals surface area contributed by atoms with Crippen LogP contribution in [-0.2, 0) is 10.9 Å². The van der Waals surface area contributed by atoms with Crippen LogP contribution < -0.4 is 0 Å². The van der Waals surface area contributed by atoms with Crippen molar-refractivity contribution in [3.05, 3.63) is 35.4 Å².